The molecule has 0 saturated carbocycles. The number of carbonyl (C=O) groups excluding carboxylic acids is 2. The van der Waals surface area contributed by atoms with E-state index in [4.69, 9.17) is 0 Å². The first kappa shape index (κ1) is 16.2. The maximum absolute atomic E-state index is 11.5. The molecule has 1 unspecified atom stereocenters. The fourth-order valence-corrected chi connectivity index (χ4v) is 1.78. The van der Waals surface area contributed by atoms with E-state index in [0.29, 0.717) is 6.42 Å². The van der Waals surface area contributed by atoms with E-state index in [-0.39, 0.29) is 42.8 Å². The first-order chi connectivity index (χ1) is 7.58. The molecule has 1 aliphatic rings. The number of hydrogen-bond donors (Lipinski definition) is 3. The van der Waals surface area contributed by atoms with E-state index >= 15 is 0 Å². The highest BCUT2D eigenvalue weighted by Gasteiger charge is 2.17. The molecule has 0 aromatic carbocycles. The summed E-state index contributed by atoms with van der Waals surface area (Å²) in [5.41, 5.74) is 0. The van der Waals surface area contributed by atoms with E-state index in [9.17, 15) is 9.59 Å². The van der Waals surface area contributed by atoms with Crippen LogP contribution in [0.25, 0.3) is 0 Å². The summed E-state index contributed by atoms with van der Waals surface area (Å²) in [5, 5.41) is 8.59. The van der Waals surface area contributed by atoms with Gasteiger partial charge in [0.15, 0.2) is 0 Å². The van der Waals surface area contributed by atoms with Gasteiger partial charge in [0.25, 0.3) is 0 Å². The molecule has 100 valence electrons. The second-order valence-corrected chi connectivity index (χ2v) is 4.50. The lowest BCUT2D eigenvalue weighted by atomic mass is 10.1. The van der Waals surface area contributed by atoms with Crippen LogP contribution in [0, 0.1) is 0 Å². The molecular formula is C11H22ClN3O2. The van der Waals surface area contributed by atoms with Gasteiger partial charge in [0.1, 0.15) is 0 Å². The van der Waals surface area contributed by atoms with Gasteiger partial charge < -0.3 is 16.0 Å². The van der Waals surface area contributed by atoms with Crippen LogP contribution in [-0.2, 0) is 9.59 Å². The van der Waals surface area contributed by atoms with E-state index < -0.39 is 0 Å². The van der Waals surface area contributed by atoms with Gasteiger partial charge in [-0.1, -0.05) is 0 Å². The summed E-state index contributed by atoms with van der Waals surface area (Å²) in [5.74, 6) is -0.193. The SMILES string of the molecule is CC(C)NC(=O)CNC(=O)CC1CCCN1.Cl. The summed E-state index contributed by atoms with van der Waals surface area (Å²) in [6, 6.07) is 0.397. The number of nitrogens with one attached hydrogen (secondary N) is 3. The highest BCUT2D eigenvalue weighted by atomic mass is 35.5. The molecule has 1 rings (SSSR count). The van der Waals surface area contributed by atoms with Crippen molar-refractivity contribution in [1.29, 1.82) is 0 Å². The van der Waals surface area contributed by atoms with Gasteiger partial charge in [-0.2, -0.15) is 0 Å². The average Bonchev–Trinajstić information content (AvgIpc) is 2.66. The number of halogens is 1. The van der Waals surface area contributed by atoms with Crippen LogP contribution in [0.4, 0.5) is 0 Å². The fourth-order valence-electron chi connectivity index (χ4n) is 1.78. The lowest BCUT2D eigenvalue weighted by Gasteiger charge is -2.11. The summed E-state index contributed by atoms with van der Waals surface area (Å²) < 4.78 is 0. The van der Waals surface area contributed by atoms with Crippen LogP contribution in [0.2, 0.25) is 0 Å². The lowest BCUT2D eigenvalue weighted by molar-refractivity contribution is -0.126. The normalized spacial score (nSPS) is 18.6. The monoisotopic (exact) mass is 263 g/mol. The van der Waals surface area contributed by atoms with Crippen LogP contribution in [0.3, 0.4) is 0 Å². The molecule has 1 atom stereocenters. The minimum atomic E-state index is -0.136. The number of amides is 2. The third-order valence-electron chi connectivity index (χ3n) is 2.49. The van der Waals surface area contributed by atoms with Crippen molar-refractivity contribution in [3.8, 4) is 0 Å². The van der Waals surface area contributed by atoms with E-state index in [2.05, 4.69) is 16.0 Å². The van der Waals surface area contributed by atoms with Crippen molar-refractivity contribution in [1.82, 2.24) is 16.0 Å². The Morgan fingerprint density at radius 2 is 2.06 bits per heavy atom. The summed E-state index contributed by atoms with van der Waals surface area (Å²) in [6.07, 6.45) is 2.65. The van der Waals surface area contributed by atoms with Crippen molar-refractivity contribution in [2.45, 2.75) is 45.2 Å². The highest BCUT2D eigenvalue weighted by molar-refractivity contribution is 5.85. The summed E-state index contributed by atoms with van der Waals surface area (Å²) in [6.45, 7) is 4.85. The molecule has 0 aromatic rings. The molecule has 1 heterocycles. The Kier molecular flexibility index (Phi) is 7.91. The van der Waals surface area contributed by atoms with Gasteiger partial charge in [-0.15, -0.1) is 12.4 Å². The van der Waals surface area contributed by atoms with E-state index in [1.54, 1.807) is 0 Å². The van der Waals surface area contributed by atoms with E-state index in [1.165, 1.54) is 0 Å². The predicted octanol–water partition coefficient (Wildman–Crippen LogP) is 0.191. The quantitative estimate of drug-likeness (QED) is 0.663. The van der Waals surface area contributed by atoms with E-state index in [0.717, 1.165) is 19.4 Å². The molecule has 2 amide bonds. The Bertz CT molecular complexity index is 253. The zero-order chi connectivity index (χ0) is 12.0. The molecule has 3 N–H and O–H groups in total. The molecule has 1 aliphatic heterocycles. The molecule has 17 heavy (non-hydrogen) atoms. The van der Waals surface area contributed by atoms with Crippen molar-refractivity contribution in [2.75, 3.05) is 13.1 Å². The van der Waals surface area contributed by atoms with Gasteiger partial charge >= 0.3 is 0 Å². The molecular weight excluding hydrogens is 242 g/mol. The minimum Gasteiger partial charge on any atom is -0.352 e. The molecule has 1 fully saturated rings. The van der Waals surface area contributed by atoms with Gasteiger partial charge in [-0.25, -0.2) is 0 Å². The second-order valence-electron chi connectivity index (χ2n) is 4.50. The molecule has 0 aromatic heterocycles. The van der Waals surface area contributed by atoms with Crippen molar-refractivity contribution in [3.05, 3.63) is 0 Å². The van der Waals surface area contributed by atoms with Crippen molar-refractivity contribution < 1.29 is 9.59 Å². The standard InChI is InChI=1S/C11H21N3O2.ClH/c1-8(2)14-11(16)7-13-10(15)6-9-4-3-5-12-9;/h8-9,12H,3-7H2,1-2H3,(H,13,15)(H,14,16);1H. The Hall–Kier alpha value is -0.810. The van der Waals surface area contributed by atoms with Crippen molar-refractivity contribution >= 4 is 24.2 Å². The first-order valence-electron chi connectivity index (χ1n) is 5.87. The maximum atomic E-state index is 11.5. The molecule has 5 nitrogen and oxygen atoms in total. The molecule has 1 saturated heterocycles. The van der Waals surface area contributed by atoms with Crippen LogP contribution < -0.4 is 16.0 Å². The molecule has 0 radical (unpaired) electrons. The number of carbonyl (C=O) groups is 2. The topological polar surface area (TPSA) is 70.2 Å². The largest absolute Gasteiger partial charge is 0.352 e. The van der Waals surface area contributed by atoms with Gasteiger partial charge in [0.05, 0.1) is 6.54 Å². The zero-order valence-corrected chi connectivity index (χ0v) is 11.2. The van der Waals surface area contributed by atoms with Crippen LogP contribution in [0.5, 0.6) is 0 Å². The maximum Gasteiger partial charge on any atom is 0.239 e. The third kappa shape index (κ3) is 7.18. The summed E-state index contributed by atoms with van der Waals surface area (Å²) >= 11 is 0. The third-order valence-corrected chi connectivity index (χ3v) is 2.49. The zero-order valence-electron chi connectivity index (χ0n) is 10.4. The highest BCUT2D eigenvalue weighted by Crippen LogP contribution is 2.07. The van der Waals surface area contributed by atoms with Gasteiger partial charge in [0.2, 0.25) is 11.8 Å². The van der Waals surface area contributed by atoms with Gasteiger partial charge in [0, 0.05) is 18.5 Å². The second kappa shape index (κ2) is 8.31. The molecule has 0 spiro atoms. The Labute approximate surface area is 109 Å². The Morgan fingerprint density at radius 3 is 2.59 bits per heavy atom. The Morgan fingerprint density at radius 1 is 1.35 bits per heavy atom. The molecule has 0 bridgehead atoms. The lowest BCUT2D eigenvalue weighted by Crippen LogP contribution is -2.41. The van der Waals surface area contributed by atoms with Crippen LogP contribution in [0.1, 0.15) is 33.1 Å². The van der Waals surface area contributed by atoms with Crippen molar-refractivity contribution in [2.24, 2.45) is 0 Å². The van der Waals surface area contributed by atoms with Crippen LogP contribution in [0.15, 0.2) is 0 Å². The fraction of sp³-hybridized carbons (Fsp3) is 0.818. The Balaban J connectivity index is 0.00000256. The van der Waals surface area contributed by atoms with Gasteiger partial charge in [-0.3, -0.25) is 9.59 Å². The van der Waals surface area contributed by atoms with Crippen LogP contribution in [-0.4, -0.2) is 37.0 Å². The number of hydrogen-bond acceptors (Lipinski definition) is 3. The molecule has 0 aliphatic carbocycles. The summed E-state index contributed by atoms with van der Waals surface area (Å²) in [4.78, 5) is 22.7. The van der Waals surface area contributed by atoms with E-state index in [1.807, 2.05) is 13.8 Å². The summed E-state index contributed by atoms with van der Waals surface area (Å²) in [7, 11) is 0. The predicted molar refractivity (Wildman–Crippen MR) is 69.2 cm³/mol. The average molecular weight is 264 g/mol. The van der Waals surface area contributed by atoms with Crippen molar-refractivity contribution in [3.63, 3.8) is 0 Å². The first-order valence-corrected chi connectivity index (χ1v) is 5.87. The van der Waals surface area contributed by atoms with Crippen LogP contribution >= 0.6 is 12.4 Å². The smallest absolute Gasteiger partial charge is 0.239 e. The minimum absolute atomic E-state index is 0. The number of rotatable bonds is 5. The molecule has 6 heteroatoms. The van der Waals surface area contributed by atoms with Gasteiger partial charge in [-0.05, 0) is 33.2 Å².